The zero-order valence-corrected chi connectivity index (χ0v) is 15.1. The number of rotatable bonds is 5. The van der Waals surface area contributed by atoms with E-state index in [2.05, 4.69) is 0 Å². The number of aryl methyl sites for hydroxylation is 1. The molecule has 0 aliphatic heterocycles. The summed E-state index contributed by atoms with van der Waals surface area (Å²) in [6.45, 7) is 3.54. The van der Waals surface area contributed by atoms with Crippen LogP contribution in [0.1, 0.15) is 19.4 Å². The molecule has 1 heterocycles. The molecule has 0 spiro atoms. The van der Waals surface area contributed by atoms with Gasteiger partial charge in [0.05, 0.1) is 0 Å². The molecule has 0 saturated heterocycles. The van der Waals surface area contributed by atoms with Crippen LogP contribution < -0.4 is 15.1 Å². The monoisotopic (exact) mass is 372 g/mol. The Morgan fingerprint density at radius 1 is 1.15 bits per heavy atom. The zero-order valence-electron chi connectivity index (χ0n) is 14.3. The quantitative estimate of drug-likeness (QED) is 0.377. The highest BCUT2D eigenvalue weighted by molar-refractivity contribution is 6.30. The Labute approximate surface area is 155 Å². The van der Waals surface area contributed by atoms with Crippen molar-refractivity contribution in [2.75, 3.05) is 0 Å². The third-order valence-corrected chi connectivity index (χ3v) is 4.08. The molecular weight excluding hydrogens is 356 g/mol. The van der Waals surface area contributed by atoms with Gasteiger partial charge in [0.25, 0.3) is 0 Å². The van der Waals surface area contributed by atoms with Gasteiger partial charge < -0.3 is 13.9 Å². The highest BCUT2D eigenvalue weighted by Gasteiger charge is 2.18. The van der Waals surface area contributed by atoms with Gasteiger partial charge in [0, 0.05) is 22.5 Å². The third-order valence-electron chi connectivity index (χ3n) is 3.84. The smallest absolute Gasteiger partial charge is 0.352 e. The number of hydrogen-bond acceptors (Lipinski definition) is 5. The van der Waals surface area contributed by atoms with Gasteiger partial charge in [-0.3, -0.25) is 0 Å². The number of esters is 1. The van der Waals surface area contributed by atoms with Crippen molar-refractivity contribution in [3.63, 3.8) is 0 Å². The van der Waals surface area contributed by atoms with Crippen LogP contribution in [0.4, 0.5) is 0 Å². The van der Waals surface area contributed by atoms with Gasteiger partial charge in [-0.15, -0.1) is 0 Å². The lowest BCUT2D eigenvalue weighted by Crippen LogP contribution is -2.28. The van der Waals surface area contributed by atoms with E-state index in [1.807, 2.05) is 6.92 Å². The molecule has 0 fully saturated rings. The van der Waals surface area contributed by atoms with Gasteiger partial charge in [-0.1, -0.05) is 24.6 Å². The van der Waals surface area contributed by atoms with E-state index in [9.17, 15) is 9.59 Å². The third kappa shape index (κ3) is 4.06. The number of halogens is 1. The molecule has 134 valence electrons. The first-order chi connectivity index (χ1) is 12.5. The van der Waals surface area contributed by atoms with Crippen molar-refractivity contribution in [3.8, 4) is 11.5 Å². The van der Waals surface area contributed by atoms with Gasteiger partial charge in [-0.2, -0.15) is 0 Å². The summed E-state index contributed by atoms with van der Waals surface area (Å²) in [5.74, 6) is 0.179. The van der Waals surface area contributed by atoms with Crippen LogP contribution in [0.2, 0.25) is 5.02 Å². The summed E-state index contributed by atoms with van der Waals surface area (Å²) in [5, 5.41) is 1.33. The second kappa shape index (κ2) is 7.62. The Morgan fingerprint density at radius 2 is 1.96 bits per heavy atom. The fraction of sp³-hybridized carbons (Fsp3) is 0.200. The first-order valence-corrected chi connectivity index (χ1v) is 8.54. The fourth-order valence-electron chi connectivity index (χ4n) is 2.56. The molecule has 0 radical (unpaired) electrons. The van der Waals surface area contributed by atoms with Crippen LogP contribution in [0.15, 0.2) is 57.7 Å². The van der Waals surface area contributed by atoms with Crippen molar-refractivity contribution in [3.05, 3.63) is 69.5 Å². The van der Waals surface area contributed by atoms with E-state index in [1.165, 1.54) is 12.1 Å². The van der Waals surface area contributed by atoms with E-state index in [0.29, 0.717) is 22.8 Å². The number of carbonyl (C=O) groups excluding carboxylic acids is 1. The predicted molar refractivity (Wildman–Crippen MR) is 99.0 cm³/mol. The van der Waals surface area contributed by atoms with E-state index < -0.39 is 17.7 Å². The first kappa shape index (κ1) is 18.0. The first-order valence-electron chi connectivity index (χ1n) is 8.17. The number of fused-ring (bicyclic) bond motifs is 1. The minimum Gasteiger partial charge on any atom is -0.479 e. The summed E-state index contributed by atoms with van der Waals surface area (Å²) in [7, 11) is 0. The van der Waals surface area contributed by atoms with Crippen LogP contribution in [0, 0.1) is 0 Å². The summed E-state index contributed by atoms with van der Waals surface area (Å²) in [4.78, 5) is 23.9. The Kier molecular flexibility index (Phi) is 5.28. The van der Waals surface area contributed by atoms with Crippen LogP contribution in [-0.4, -0.2) is 12.1 Å². The fourth-order valence-corrected chi connectivity index (χ4v) is 2.74. The average Bonchev–Trinajstić information content (AvgIpc) is 2.60. The highest BCUT2D eigenvalue weighted by atomic mass is 35.5. The molecule has 2 aromatic carbocycles. The maximum Gasteiger partial charge on any atom is 0.352 e. The lowest BCUT2D eigenvalue weighted by molar-refractivity contribution is -0.141. The lowest BCUT2D eigenvalue weighted by atomic mass is 10.1. The Bertz CT molecular complexity index is 1010. The van der Waals surface area contributed by atoms with Crippen LogP contribution in [0.5, 0.6) is 11.5 Å². The van der Waals surface area contributed by atoms with E-state index in [0.717, 1.165) is 10.9 Å². The predicted octanol–water partition coefficient (Wildman–Crippen LogP) is 4.38. The zero-order chi connectivity index (χ0) is 18.7. The van der Waals surface area contributed by atoms with Gasteiger partial charge in [-0.05, 0) is 49.2 Å². The summed E-state index contributed by atoms with van der Waals surface area (Å²) in [5.41, 5.74) is 0.824. The normalized spacial score (nSPS) is 12.0. The standard InChI is InChI=1S/C20H17ClO5/c1-3-13-9-19(22)26-18-11-16(7-8-17(13)18)25-20(23)12(2)24-15-6-4-5-14(21)10-15/h4-12H,3H2,1-2H3. The average molecular weight is 373 g/mol. The number of ether oxygens (including phenoxy) is 2. The van der Waals surface area contributed by atoms with E-state index in [-0.39, 0.29) is 5.75 Å². The minimum atomic E-state index is -0.835. The highest BCUT2D eigenvalue weighted by Crippen LogP contribution is 2.24. The van der Waals surface area contributed by atoms with Gasteiger partial charge in [0.2, 0.25) is 0 Å². The molecule has 3 rings (SSSR count). The number of carbonyl (C=O) groups is 1. The molecule has 1 aromatic heterocycles. The summed E-state index contributed by atoms with van der Waals surface area (Å²) in [6.07, 6.45) is -0.135. The molecule has 0 N–H and O–H groups in total. The van der Waals surface area contributed by atoms with Crippen molar-refractivity contribution >= 4 is 28.5 Å². The number of benzene rings is 2. The van der Waals surface area contributed by atoms with Gasteiger partial charge in [-0.25, -0.2) is 9.59 Å². The molecule has 0 aliphatic carbocycles. The molecule has 0 amide bonds. The summed E-state index contributed by atoms with van der Waals surface area (Å²) < 4.78 is 16.1. The molecule has 3 aromatic rings. The van der Waals surface area contributed by atoms with E-state index >= 15 is 0 Å². The maximum absolute atomic E-state index is 12.3. The summed E-state index contributed by atoms with van der Waals surface area (Å²) >= 11 is 5.90. The molecule has 0 bridgehead atoms. The van der Waals surface area contributed by atoms with Crippen LogP contribution in [0.25, 0.3) is 11.0 Å². The van der Waals surface area contributed by atoms with Gasteiger partial charge >= 0.3 is 11.6 Å². The Morgan fingerprint density at radius 3 is 2.69 bits per heavy atom. The van der Waals surface area contributed by atoms with Crippen LogP contribution in [-0.2, 0) is 11.2 Å². The van der Waals surface area contributed by atoms with Crippen LogP contribution >= 0.6 is 11.6 Å². The Hall–Kier alpha value is -2.79. The molecule has 5 nitrogen and oxygen atoms in total. The van der Waals surface area contributed by atoms with Gasteiger partial charge in [0.15, 0.2) is 6.10 Å². The van der Waals surface area contributed by atoms with Crippen molar-refractivity contribution in [1.29, 1.82) is 0 Å². The number of hydrogen-bond donors (Lipinski definition) is 0. The van der Waals surface area contributed by atoms with Crippen molar-refractivity contribution < 1.29 is 18.7 Å². The van der Waals surface area contributed by atoms with Crippen molar-refractivity contribution in [1.82, 2.24) is 0 Å². The second-order valence-electron chi connectivity index (χ2n) is 5.74. The molecule has 0 saturated carbocycles. The molecular formula is C20H17ClO5. The van der Waals surface area contributed by atoms with Gasteiger partial charge in [0.1, 0.15) is 17.1 Å². The van der Waals surface area contributed by atoms with E-state index in [4.69, 9.17) is 25.5 Å². The van der Waals surface area contributed by atoms with Crippen molar-refractivity contribution in [2.24, 2.45) is 0 Å². The van der Waals surface area contributed by atoms with Crippen molar-refractivity contribution in [2.45, 2.75) is 26.4 Å². The molecule has 1 unspecified atom stereocenters. The summed E-state index contributed by atoms with van der Waals surface area (Å²) in [6, 6.07) is 13.2. The second-order valence-corrected chi connectivity index (χ2v) is 6.18. The minimum absolute atomic E-state index is 0.278. The largest absolute Gasteiger partial charge is 0.479 e. The maximum atomic E-state index is 12.3. The van der Waals surface area contributed by atoms with Crippen LogP contribution in [0.3, 0.4) is 0 Å². The lowest BCUT2D eigenvalue weighted by Gasteiger charge is -2.14. The Balaban J connectivity index is 1.77. The molecule has 1 atom stereocenters. The molecule has 26 heavy (non-hydrogen) atoms. The van der Waals surface area contributed by atoms with E-state index in [1.54, 1.807) is 43.3 Å². The topological polar surface area (TPSA) is 65.7 Å². The molecule has 6 heteroatoms. The molecule has 0 aliphatic rings. The SMILES string of the molecule is CCc1cc(=O)oc2cc(OC(=O)C(C)Oc3cccc(Cl)c3)ccc12.